The summed E-state index contributed by atoms with van der Waals surface area (Å²) in [6.45, 7) is 8.00. The highest BCUT2D eigenvalue weighted by molar-refractivity contribution is 5.69. The highest BCUT2D eigenvalue weighted by Gasteiger charge is 2.42. The van der Waals surface area contributed by atoms with E-state index in [-0.39, 0.29) is 17.5 Å². The number of ether oxygens (including phenoxy) is 2. The van der Waals surface area contributed by atoms with Gasteiger partial charge in [0.1, 0.15) is 5.60 Å². The van der Waals surface area contributed by atoms with Crippen LogP contribution in [-0.2, 0) is 19.7 Å². The Balaban J connectivity index is 1.63. The second kappa shape index (κ2) is 9.38. The Morgan fingerprint density at radius 1 is 1.17 bits per heavy atom. The molecule has 1 fully saturated rings. The number of carbonyl (C=O) groups excluding carboxylic acids is 2. The number of methoxy groups -OCH3 is 1. The van der Waals surface area contributed by atoms with Crippen molar-refractivity contribution in [2.24, 2.45) is 0 Å². The van der Waals surface area contributed by atoms with E-state index in [1.54, 1.807) is 0 Å². The summed E-state index contributed by atoms with van der Waals surface area (Å²) in [6.07, 6.45) is 5.15. The lowest BCUT2D eigenvalue weighted by atomic mass is 9.63. The molecule has 1 atom stereocenters. The Morgan fingerprint density at radius 2 is 1.87 bits per heavy atom. The summed E-state index contributed by atoms with van der Waals surface area (Å²) >= 11 is 0. The van der Waals surface area contributed by atoms with E-state index in [9.17, 15) is 9.59 Å². The first-order valence-corrected chi connectivity index (χ1v) is 11.1. The number of amides is 1. The fourth-order valence-electron chi connectivity index (χ4n) is 4.78. The summed E-state index contributed by atoms with van der Waals surface area (Å²) < 4.78 is 10.3. The second-order valence-corrected chi connectivity index (χ2v) is 9.56. The number of piperidine rings is 1. The molecule has 1 N–H and O–H groups in total. The SMILES string of the molecule is COC(=O)CCCNC1CCC2(CCN(C(=O)OC(C)(C)C)CC2)c2ccccc21. The van der Waals surface area contributed by atoms with Crippen molar-refractivity contribution in [1.82, 2.24) is 10.2 Å². The van der Waals surface area contributed by atoms with Crippen LogP contribution in [0.1, 0.15) is 76.5 Å². The van der Waals surface area contributed by atoms with Crippen LogP contribution in [0.3, 0.4) is 0 Å². The van der Waals surface area contributed by atoms with Gasteiger partial charge in [0.15, 0.2) is 0 Å². The minimum atomic E-state index is -0.462. The number of likely N-dealkylation sites (tertiary alicyclic amines) is 1. The van der Waals surface area contributed by atoms with Crippen LogP contribution in [0.25, 0.3) is 0 Å². The first-order valence-electron chi connectivity index (χ1n) is 11.1. The highest BCUT2D eigenvalue weighted by Crippen LogP contribution is 2.48. The zero-order valence-corrected chi connectivity index (χ0v) is 18.8. The van der Waals surface area contributed by atoms with Crippen LogP contribution in [0, 0.1) is 0 Å². The van der Waals surface area contributed by atoms with Crippen molar-refractivity contribution in [3.8, 4) is 0 Å². The van der Waals surface area contributed by atoms with Gasteiger partial charge in [-0.3, -0.25) is 4.79 Å². The third-order valence-corrected chi connectivity index (χ3v) is 6.37. The fourth-order valence-corrected chi connectivity index (χ4v) is 4.78. The van der Waals surface area contributed by atoms with Crippen LogP contribution in [0.4, 0.5) is 4.79 Å². The topological polar surface area (TPSA) is 67.9 Å². The second-order valence-electron chi connectivity index (χ2n) is 9.56. The predicted molar refractivity (Wildman–Crippen MR) is 116 cm³/mol. The Bertz CT molecular complexity index is 748. The smallest absolute Gasteiger partial charge is 0.410 e. The van der Waals surface area contributed by atoms with Gasteiger partial charge in [0, 0.05) is 25.6 Å². The van der Waals surface area contributed by atoms with Crippen molar-refractivity contribution in [2.75, 3.05) is 26.7 Å². The molecule has 6 nitrogen and oxygen atoms in total. The molecule has 1 spiro atoms. The third kappa shape index (κ3) is 5.34. The van der Waals surface area contributed by atoms with Gasteiger partial charge in [-0.2, -0.15) is 0 Å². The lowest BCUT2D eigenvalue weighted by molar-refractivity contribution is -0.140. The van der Waals surface area contributed by atoms with Crippen molar-refractivity contribution in [1.29, 1.82) is 0 Å². The Kier molecular flexibility index (Phi) is 7.06. The van der Waals surface area contributed by atoms with Gasteiger partial charge in [-0.05, 0) is 76.0 Å². The van der Waals surface area contributed by atoms with Gasteiger partial charge in [0.25, 0.3) is 0 Å². The maximum absolute atomic E-state index is 12.5. The quantitative estimate of drug-likeness (QED) is 0.571. The average Bonchev–Trinajstić information content (AvgIpc) is 2.72. The van der Waals surface area contributed by atoms with Crippen LogP contribution < -0.4 is 5.32 Å². The van der Waals surface area contributed by atoms with Crippen molar-refractivity contribution < 1.29 is 19.1 Å². The monoisotopic (exact) mass is 416 g/mol. The predicted octanol–water partition coefficient (Wildman–Crippen LogP) is 4.33. The average molecular weight is 417 g/mol. The summed E-state index contributed by atoms with van der Waals surface area (Å²) in [5.74, 6) is -0.156. The molecule has 1 amide bonds. The highest BCUT2D eigenvalue weighted by atomic mass is 16.6. The number of nitrogens with one attached hydrogen (secondary N) is 1. The van der Waals surface area contributed by atoms with E-state index in [1.165, 1.54) is 18.2 Å². The molecule has 0 aromatic heterocycles. The van der Waals surface area contributed by atoms with Gasteiger partial charge in [-0.15, -0.1) is 0 Å². The van der Waals surface area contributed by atoms with Crippen molar-refractivity contribution in [3.05, 3.63) is 35.4 Å². The van der Waals surface area contributed by atoms with E-state index in [0.717, 1.165) is 51.7 Å². The summed E-state index contributed by atoms with van der Waals surface area (Å²) in [4.78, 5) is 25.6. The minimum Gasteiger partial charge on any atom is -0.469 e. The minimum absolute atomic E-state index is 0.138. The van der Waals surface area contributed by atoms with E-state index >= 15 is 0 Å². The van der Waals surface area contributed by atoms with Gasteiger partial charge >= 0.3 is 12.1 Å². The lowest BCUT2D eigenvalue weighted by Crippen LogP contribution is -2.48. The number of hydrogen-bond donors (Lipinski definition) is 1. The first-order chi connectivity index (χ1) is 14.2. The molecule has 1 saturated heterocycles. The maximum atomic E-state index is 12.5. The number of carbonyl (C=O) groups is 2. The van der Waals surface area contributed by atoms with Crippen molar-refractivity contribution in [3.63, 3.8) is 0 Å². The maximum Gasteiger partial charge on any atom is 0.410 e. The van der Waals surface area contributed by atoms with Crippen LogP contribution in [0.15, 0.2) is 24.3 Å². The standard InChI is InChI=1S/C24H36N2O4/c1-23(2,3)30-22(28)26-16-13-24(14-17-26)12-11-20(18-8-5-6-9-19(18)24)25-15-7-10-21(27)29-4/h5-6,8-9,20,25H,7,10-17H2,1-4H3. The molecule has 30 heavy (non-hydrogen) atoms. The lowest BCUT2D eigenvalue weighted by Gasteiger charge is -2.47. The summed E-state index contributed by atoms with van der Waals surface area (Å²) in [5, 5.41) is 3.64. The molecule has 1 heterocycles. The number of nitrogens with zero attached hydrogens (tertiary/aromatic N) is 1. The largest absolute Gasteiger partial charge is 0.469 e. The van der Waals surface area contributed by atoms with E-state index in [4.69, 9.17) is 9.47 Å². The van der Waals surface area contributed by atoms with E-state index in [1.807, 2.05) is 25.7 Å². The third-order valence-electron chi connectivity index (χ3n) is 6.37. The van der Waals surface area contributed by atoms with Crippen LogP contribution in [0.5, 0.6) is 0 Å². The van der Waals surface area contributed by atoms with Gasteiger partial charge in [-0.1, -0.05) is 24.3 Å². The molecule has 1 aliphatic carbocycles. The number of esters is 1. The summed E-state index contributed by atoms with van der Waals surface area (Å²) in [5.41, 5.74) is 2.47. The molecule has 0 saturated carbocycles. The normalized spacial score (nSPS) is 20.5. The number of benzene rings is 1. The first kappa shape index (κ1) is 22.6. The van der Waals surface area contributed by atoms with Crippen LogP contribution >= 0.6 is 0 Å². The summed E-state index contributed by atoms with van der Waals surface area (Å²) in [6, 6.07) is 9.04. The zero-order chi connectivity index (χ0) is 21.8. The van der Waals surface area contributed by atoms with Gasteiger partial charge < -0.3 is 19.7 Å². The molecule has 166 valence electrons. The van der Waals surface area contributed by atoms with Gasteiger partial charge in [0.2, 0.25) is 0 Å². The van der Waals surface area contributed by atoms with Gasteiger partial charge in [0.05, 0.1) is 7.11 Å². The molecule has 1 unspecified atom stereocenters. The molecule has 1 aromatic carbocycles. The van der Waals surface area contributed by atoms with E-state index in [2.05, 4.69) is 29.6 Å². The Hall–Kier alpha value is -2.08. The molecule has 2 aliphatic rings. The molecule has 3 rings (SSSR count). The van der Waals surface area contributed by atoms with Crippen molar-refractivity contribution in [2.45, 2.75) is 76.4 Å². The fraction of sp³-hybridized carbons (Fsp3) is 0.667. The zero-order valence-electron chi connectivity index (χ0n) is 18.8. The molecule has 6 heteroatoms. The van der Waals surface area contributed by atoms with Crippen molar-refractivity contribution >= 4 is 12.1 Å². The number of fused-ring (bicyclic) bond motifs is 2. The van der Waals surface area contributed by atoms with Gasteiger partial charge in [-0.25, -0.2) is 4.79 Å². The molecule has 1 aliphatic heterocycles. The van der Waals surface area contributed by atoms with Crippen LogP contribution in [-0.4, -0.2) is 49.3 Å². The molecular weight excluding hydrogens is 380 g/mol. The Labute approximate surface area is 180 Å². The van der Waals surface area contributed by atoms with Crippen LogP contribution in [0.2, 0.25) is 0 Å². The number of hydrogen-bond acceptors (Lipinski definition) is 5. The van der Waals surface area contributed by atoms with E-state index < -0.39 is 5.60 Å². The number of rotatable bonds is 5. The molecular formula is C24H36N2O4. The molecule has 0 radical (unpaired) electrons. The van der Waals surface area contributed by atoms with E-state index in [0.29, 0.717) is 12.5 Å². The molecule has 0 bridgehead atoms. The molecule has 1 aromatic rings. The summed E-state index contributed by atoms with van der Waals surface area (Å²) in [7, 11) is 1.43. The Morgan fingerprint density at radius 3 is 2.53 bits per heavy atom.